The second kappa shape index (κ2) is 10.9. The summed E-state index contributed by atoms with van der Waals surface area (Å²) in [4.78, 5) is 15.8. The fourth-order valence-electron chi connectivity index (χ4n) is 3.03. The molecule has 0 bridgehead atoms. The Bertz CT molecular complexity index is 1170. The van der Waals surface area contributed by atoms with E-state index >= 15 is 0 Å². The fourth-order valence-corrected chi connectivity index (χ4v) is 4.85. The normalized spacial score (nSPS) is 12.0. The number of hydrogen-bond acceptors (Lipinski definition) is 6. The molecule has 0 radical (unpaired) electrons. The van der Waals surface area contributed by atoms with Crippen LogP contribution in [0.25, 0.3) is 11.3 Å². The van der Waals surface area contributed by atoms with E-state index in [0.717, 1.165) is 39.8 Å². The van der Waals surface area contributed by atoms with Crippen molar-refractivity contribution in [2.45, 2.75) is 50.2 Å². The number of carboxylic acid groups (broad SMARTS) is 1. The van der Waals surface area contributed by atoms with E-state index in [1.165, 1.54) is 37.3 Å². The molecule has 2 aromatic carbocycles. The van der Waals surface area contributed by atoms with E-state index in [1.807, 2.05) is 25.3 Å². The van der Waals surface area contributed by atoms with Crippen LogP contribution in [0.3, 0.4) is 0 Å². The van der Waals surface area contributed by atoms with Crippen LogP contribution in [0, 0.1) is 13.8 Å². The summed E-state index contributed by atoms with van der Waals surface area (Å²) in [6.45, 7) is 7.21. The minimum Gasteiger partial charge on any atom is -0.493 e. The van der Waals surface area contributed by atoms with Gasteiger partial charge in [-0.15, -0.1) is 11.3 Å². The van der Waals surface area contributed by atoms with Gasteiger partial charge in [0.2, 0.25) is 0 Å². The Morgan fingerprint density at radius 2 is 1.71 bits per heavy atom. The zero-order valence-corrected chi connectivity index (χ0v) is 21.4. The molecule has 3 rings (SSSR count). The lowest BCUT2D eigenvalue weighted by Crippen LogP contribution is -2.38. The lowest BCUT2D eigenvalue weighted by molar-refractivity contribution is -0.152. The minimum absolute atomic E-state index is 0.491. The van der Waals surface area contributed by atoms with Crippen molar-refractivity contribution in [3.63, 3.8) is 0 Å². The topological polar surface area (TPSA) is 68.7 Å². The average molecular weight is 526 g/mol. The Balaban J connectivity index is 1.49. The van der Waals surface area contributed by atoms with E-state index < -0.39 is 23.3 Å². The number of hydrogen-bond donors (Lipinski definition) is 1. The summed E-state index contributed by atoms with van der Waals surface area (Å²) in [5, 5.41) is 11.1. The van der Waals surface area contributed by atoms with Crippen molar-refractivity contribution in [1.82, 2.24) is 4.98 Å². The zero-order valence-electron chi connectivity index (χ0n) is 19.7. The van der Waals surface area contributed by atoms with Gasteiger partial charge in [0.05, 0.1) is 17.9 Å². The number of carboxylic acids is 1. The molecule has 5 nitrogen and oxygen atoms in total. The summed E-state index contributed by atoms with van der Waals surface area (Å²) in [7, 11) is 0. The van der Waals surface area contributed by atoms with Gasteiger partial charge in [0, 0.05) is 16.7 Å². The van der Waals surface area contributed by atoms with Crippen LogP contribution in [-0.2, 0) is 11.0 Å². The second-order valence-electron chi connectivity index (χ2n) is 8.42. The molecule has 1 aromatic heterocycles. The molecule has 0 amide bonds. The lowest BCUT2D eigenvalue weighted by Gasteiger charge is -2.23. The molecule has 35 heavy (non-hydrogen) atoms. The predicted octanol–water partition coefficient (Wildman–Crippen LogP) is 7.25. The first-order valence-corrected chi connectivity index (χ1v) is 12.7. The SMILES string of the molecule is Cc1cc(OC(C)(C)C(=O)O)c(C)cc1OCCCSc1nc(-c2ccc(C(F)(F)F)cc2)cs1. The van der Waals surface area contributed by atoms with Gasteiger partial charge in [0.25, 0.3) is 0 Å². The van der Waals surface area contributed by atoms with Gasteiger partial charge in [-0.3, -0.25) is 0 Å². The third kappa shape index (κ3) is 7.14. The van der Waals surface area contributed by atoms with Gasteiger partial charge < -0.3 is 14.6 Å². The Kier molecular flexibility index (Phi) is 8.38. The van der Waals surface area contributed by atoms with Crippen molar-refractivity contribution >= 4 is 29.1 Å². The quantitative estimate of drug-likeness (QED) is 0.222. The summed E-state index contributed by atoms with van der Waals surface area (Å²) in [6, 6.07) is 8.62. The Morgan fingerprint density at radius 3 is 2.34 bits per heavy atom. The molecule has 188 valence electrons. The van der Waals surface area contributed by atoms with Gasteiger partial charge in [-0.25, -0.2) is 9.78 Å². The number of thiazole rings is 1. The summed E-state index contributed by atoms with van der Waals surface area (Å²) < 4.78 is 50.6. The lowest BCUT2D eigenvalue weighted by atomic mass is 10.1. The maximum absolute atomic E-state index is 12.7. The highest BCUT2D eigenvalue weighted by Gasteiger charge is 2.31. The molecule has 0 aliphatic carbocycles. The first-order valence-electron chi connectivity index (χ1n) is 10.8. The predicted molar refractivity (Wildman–Crippen MR) is 132 cm³/mol. The smallest absolute Gasteiger partial charge is 0.416 e. The molecule has 10 heteroatoms. The van der Waals surface area contributed by atoms with Crippen molar-refractivity contribution in [3.05, 3.63) is 58.5 Å². The molecule has 0 aliphatic rings. The van der Waals surface area contributed by atoms with Gasteiger partial charge >= 0.3 is 12.1 Å². The highest BCUT2D eigenvalue weighted by molar-refractivity contribution is 8.01. The van der Waals surface area contributed by atoms with Crippen LogP contribution in [0.15, 0.2) is 46.1 Å². The van der Waals surface area contributed by atoms with Crippen LogP contribution in [0.5, 0.6) is 11.5 Å². The van der Waals surface area contributed by atoms with E-state index in [-0.39, 0.29) is 0 Å². The Hall–Kier alpha value is -2.72. The van der Waals surface area contributed by atoms with Crippen molar-refractivity contribution < 1.29 is 32.5 Å². The average Bonchev–Trinajstić information content (AvgIpc) is 3.25. The molecular formula is C25H26F3NO4S2. The van der Waals surface area contributed by atoms with E-state index in [1.54, 1.807) is 17.8 Å². The number of halogens is 3. The summed E-state index contributed by atoms with van der Waals surface area (Å²) in [6.07, 6.45) is -3.59. The summed E-state index contributed by atoms with van der Waals surface area (Å²) in [5.74, 6) is 0.947. The first kappa shape index (κ1) is 26.9. The molecule has 0 atom stereocenters. The number of ether oxygens (including phenoxy) is 2. The van der Waals surface area contributed by atoms with E-state index in [4.69, 9.17) is 9.47 Å². The zero-order chi connectivity index (χ0) is 25.8. The first-order chi connectivity index (χ1) is 16.4. The molecule has 0 saturated heterocycles. The van der Waals surface area contributed by atoms with Crippen LogP contribution in [-0.4, -0.2) is 34.0 Å². The van der Waals surface area contributed by atoms with Crippen molar-refractivity contribution in [3.8, 4) is 22.8 Å². The standard InChI is InChI=1S/C25H26F3NO4S2/c1-15-13-21(33-24(3,4)22(30)31)16(2)12-20(15)32-10-5-11-34-23-29-19(14-35-23)17-6-8-18(9-7-17)25(26,27)28/h6-9,12-14H,5,10-11H2,1-4H3,(H,30,31). The van der Waals surface area contributed by atoms with E-state index in [2.05, 4.69) is 4.98 Å². The summed E-state index contributed by atoms with van der Waals surface area (Å²) >= 11 is 3.02. The molecule has 0 unspecified atom stereocenters. The minimum atomic E-state index is -4.35. The number of carbonyl (C=O) groups is 1. The van der Waals surface area contributed by atoms with Gasteiger partial charge in [-0.1, -0.05) is 23.9 Å². The number of nitrogens with zero attached hydrogens (tertiary/aromatic N) is 1. The molecule has 0 aliphatic heterocycles. The Labute approximate surface area is 210 Å². The number of aromatic nitrogens is 1. The maximum Gasteiger partial charge on any atom is 0.416 e. The van der Waals surface area contributed by atoms with Crippen molar-refractivity contribution in [2.24, 2.45) is 0 Å². The van der Waals surface area contributed by atoms with Crippen LogP contribution in [0.1, 0.15) is 37.0 Å². The number of alkyl halides is 3. The highest BCUT2D eigenvalue weighted by Crippen LogP contribution is 2.33. The van der Waals surface area contributed by atoms with Gasteiger partial charge in [0.15, 0.2) is 9.94 Å². The summed E-state index contributed by atoms with van der Waals surface area (Å²) in [5.41, 5.74) is 0.923. The van der Waals surface area contributed by atoms with Crippen LogP contribution >= 0.6 is 23.1 Å². The largest absolute Gasteiger partial charge is 0.493 e. The van der Waals surface area contributed by atoms with Gasteiger partial charge in [-0.2, -0.15) is 13.2 Å². The number of aliphatic carboxylic acids is 1. The van der Waals surface area contributed by atoms with Crippen LogP contribution in [0.2, 0.25) is 0 Å². The third-order valence-corrected chi connectivity index (χ3v) is 7.22. The number of thioether (sulfide) groups is 1. The second-order valence-corrected chi connectivity index (χ2v) is 10.6. The van der Waals surface area contributed by atoms with Crippen molar-refractivity contribution in [1.29, 1.82) is 0 Å². The van der Waals surface area contributed by atoms with Crippen molar-refractivity contribution in [2.75, 3.05) is 12.4 Å². The number of benzene rings is 2. The van der Waals surface area contributed by atoms with Crippen LogP contribution in [0.4, 0.5) is 13.2 Å². The molecule has 1 N–H and O–H groups in total. The molecule has 0 saturated carbocycles. The number of rotatable bonds is 10. The van der Waals surface area contributed by atoms with Gasteiger partial charge in [-0.05, 0) is 69.5 Å². The monoisotopic (exact) mass is 525 g/mol. The van der Waals surface area contributed by atoms with Crippen LogP contribution < -0.4 is 9.47 Å². The molecular weight excluding hydrogens is 499 g/mol. The Morgan fingerprint density at radius 1 is 1.09 bits per heavy atom. The molecule has 0 fully saturated rings. The van der Waals surface area contributed by atoms with E-state index in [9.17, 15) is 23.1 Å². The number of aryl methyl sites for hydroxylation is 2. The van der Waals surface area contributed by atoms with E-state index in [0.29, 0.717) is 29.4 Å². The molecule has 1 heterocycles. The molecule has 0 spiro atoms. The fraction of sp³-hybridized carbons (Fsp3) is 0.360. The third-order valence-electron chi connectivity index (χ3n) is 5.12. The van der Waals surface area contributed by atoms with Gasteiger partial charge in [0.1, 0.15) is 11.5 Å². The molecule has 3 aromatic rings. The highest BCUT2D eigenvalue weighted by atomic mass is 32.2. The maximum atomic E-state index is 12.7.